The second-order valence-corrected chi connectivity index (χ2v) is 5.03. The van der Waals surface area contributed by atoms with Gasteiger partial charge in [0.25, 0.3) is 0 Å². The van der Waals surface area contributed by atoms with E-state index >= 15 is 0 Å². The molecule has 1 aromatic heterocycles. The van der Waals surface area contributed by atoms with Gasteiger partial charge < -0.3 is 9.88 Å². The molecule has 4 nitrogen and oxygen atoms in total. The average molecular weight is 256 g/mol. The summed E-state index contributed by atoms with van der Waals surface area (Å²) in [4.78, 5) is 18.0. The van der Waals surface area contributed by atoms with E-state index in [2.05, 4.69) is 40.3 Å². The van der Waals surface area contributed by atoms with Crippen LogP contribution in [0.15, 0.2) is 30.5 Å². The molecule has 1 aliphatic rings. The summed E-state index contributed by atoms with van der Waals surface area (Å²) < 4.78 is 0. The Morgan fingerprint density at radius 1 is 1.16 bits per heavy atom. The van der Waals surface area contributed by atoms with Gasteiger partial charge in [0.15, 0.2) is 0 Å². The normalized spacial score (nSPS) is 16.9. The van der Waals surface area contributed by atoms with Crippen molar-refractivity contribution in [1.82, 2.24) is 14.8 Å². The molecule has 0 aliphatic carbocycles. The number of H-pyrrole nitrogens is 1. The number of benzene rings is 1. The number of carbonyl (C=O) groups excluding carboxylic acids is 1. The SMILES string of the molecule is O=[C]N1CCN(CCc2c[nH]c3ccccc23)CC1. The molecule has 1 aliphatic heterocycles. The molecule has 2 heterocycles. The molecule has 3 rings (SSSR count). The molecule has 1 amide bonds. The smallest absolute Gasteiger partial charge is 0.312 e. The first-order chi connectivity index (χ1) is 9.36. The molecular formula is C15H18N3O. The number of nitrogens with zero attached hydrogens (tertiary/aromatic N) is 2. The van der Waals surface area contributed by atoms with Crippen molar-refractivity contribution in [2.45, 2.75) is 6.42 Å². The number of fused-ring (bicyclic) bond motifs is 1. The lowest BCUT2D eigenvalue weighted by Crippen LogP contribution is -2.46. The summed E-state index contributed by atoms with van der Waals surface area (Å²) in [5.74, 6) is 0. The third-order valence-electron chi connectivity index (χ3n) is 3.87. The standard InChI is InChI=1S/C15H18N3O/c19-12-18-9-7-17(8-10-18)6-5-13-11-16-15-4-2-1-3-14(13)15/h1-4,11,16H,5-10H2. The highest BCUT2D eigenvalue weighted by molar-refractivity contribution is 5.83. The maximum absolute atomic E-state index is 10.5. The van der Waals surface area contributed by atoms with Crippen LogP contribution in [0.25, 0.3) is 10.9 Å². The van der Waals surface area contributed by atoms with E-state index in [0.717, 1.165) is 39.1 Å². The van der Waals surface area contributed by atoms with Crippen molar-refractivity contribution in [3.8, 4) is 0 Å². The number of hydrogen-bond acceptors (Lipinski definition) is 2. The number of aromatic amines is 1. The molecular weight excluding hydrogens is 238 g/mol. The van der Waals surface area contributed by atoms with Gasteiger partial charge >= 0.3 is 6.41 Å². The number of rotatable bonds is 4. The molecule has 1 radical (unpaired) electrons. The van der Waals surface area contributed by atoms with Crippen molar-refractivity contribution in [2.75, 3.05) is 32.7 Å². The van der Waals surface area contributed by atoms with Gasteiger partial charge in [-0.3, -0.25) is 9.69 Å². The van der Waals surface area contributed by atoms with Gasteiger partial charge in [-0.25, -0.2) is 0 Å². The summed E-state index contributed by atoms with van der Waals surface area (Å²) >= 11 is 0. The van der Waals surface area contributed by atoms with Crippen molar-refractivity contribution in [2.24, 2.45) is 0 Å². The van der Waals surface area contributed by atoms with E-state index in [1.54, 1.807) is 4.90 Å². The number of aromatic nitrogens is 1. The largest absolute Gasteiger partial charge is 0.361 e. The molecule has 99 valence electrons. The van der Waals surface area contributed by atoms with Crippen LogP contribution in [-0.2, 0) is 11.2 Å². The van der Waals surface area contributed by atoms with Crippen LogP contribution in [0.5, 0.6) is 0 Å². The van der Waals surface area contributed by atoms with Gasteiger partial charge in [0.2, 0.25) is 0 Å². The molecule has 0 bridgehead atoms. The van der Waals surface area contributed by atoms with E-state index in [1.807, 2.05) is 6.41 Å². The van der Waals surface area contributed by atoms with E-state index in [1.165, 1.54) is 16.5 Å². The molecule has 0 spiro atoms. The molecule has 1 saturated heterocycles. The predicted molar refractivity (Wildman–Crippen MR) is 75.7 cm³/mol. The quantitative estimate of drug-likeness (QED) is 0.898. The number of nitrogens with one attached hydrogen (secondary N) is 1. The lowest BCUT2D eigenvalue weighted by Gasteiger charge is -2.31. The first kappa shape index (κ1) is 12.2. The minimum Gasteiger partial charge on any atom is -0.361 e. The topological polar surface area (TPSA) is 39.3 Å². The van der Waals surface area contributed by atoms with Crippen LogP contribution in [0.4, 0.5) is 0 Å². The van der Waals surface area contributed by atoms with Crippen LogP contribution in [0, 0.1) is 0 Å². The lowest BCUT2D eigenvalue weighted by molar-refractivity contribution is 0.180. The second-order valence-electron chi connectivity index (χ2n) is 5.03. The lowest BCUT2D eigenvalue weighted by atomic mass is 10.1. The van der Waals surface area contributed by atoms with Crippen LogP contribution < -0.4 is 0 Å². The minimum absolute atomic E-state index is 0.803. The molecule has 1 fully saturated rings. The van der Waals surface area contributed by atoms with Crippen molar-refractivity contribution in [3.63, 3.8) is 0 Å². The maximum Gasteiger partial charge on any atom is 0.312 e. The van der Waals surface area contributed by atoms with E-state index in [9.17, 15) is 4.79 Å². The summed E-state index contributed by atoms with van der Waals surface area (Å²) in [6.07, 6.45) is 5.13. The summed E-state index contributed by atoms with van der Waals surface area (Å²) in [6, 6.07) is 8.41. The predicted octanol–water partition coefficient (Wildman–Crippen LogP) is 1.40. The maximum atomic E-state index is 10.5. The third-order valence-corrected chi connectivity index (χ3v) is 3.87. The average Bonchev–Trinajstić information content (AvgIpc) is 2.89. The van der Waals surface area contributed by atoms with E-state index in [4.69, 9.17) is 0 Å². The highest BCUT2D eigenvalue weighted by atomic mass is 16.1. The van der Waals surface area contributed by atoms with E-state index in [-0.39, 0.29) is 0 Å². The number of para-hydroxylation sites is 1. The summed E-state index contributed by atoms with van der Waals surface area (Å²) in [5.41, 5.74) is 2.58. The van der Waals surface area contributed by atoms with Crippen LogP contribution in [0.1, 0.15) is 5.56 Å². The Morgan fingerprint density at radius 3 is 2.74 bits per heavy atom. The summed E-state index contributed by atoms with van der Waals surface area (Å²) in [5, 5.41) is 1.32. The fourth-order valence-electron chi connectivity index (χ4n) is 2.68. The van der Waals surface area contributed by atoms with Gasteiger partial charge in [-0.15, -0.1) is 0 Å². The van der Waals surface area contributed by atoms with Crippen LogP contribution in [0.3, 0.4) is 0 Å². The Hall–Kier alpha value is -1.81. The summed E-state index contributed by atoms with van der Waals surface area (Å²) in [6.45, 7) is 4.57. The van der Waals surface area contributed by atoms with Crippen molar-refractivity contribution >= 4 is 17.3 Å². The van der Waals surface area contributed by atoms with Gasteiger partial charge in [-0.2, -0.15) is 0 Å². The van der Waals surface area contributed by atoms with Gasteiger partial charge in [-0.1, -0.05) is 18.2 Å². The van der Waals surface area contributed by atoms with Crippen molar-refractivity contribution < 1.29 is 4.79 Å². The van der Waals surface area contributed by atoms with Gasteiger partial charge in [0.05, 0.1) is 0 Å². The highest BCUT2D eigenvalue weighted by Gasteiger charge is 2.15. The Kier molecular flexibility index (Phi) is 3.51. The Balaban J connectivity index is 1.59. The van der Waals surface area contributed by atoms with Crippen molar-refractivity contribution in [1.29, 1.82) is 0 Å². The minimum atomic E-state index is 0.803. The first-order valence-electron chi connectivity index (χ1n) is 6.77. The third kappa shape index (κ3) is 2.63. The Bertz CT molecular complexity index is 555. The molecule has 19 heavy (non-hydrogen) atoms. The van der Waals surface area contributed by atoms with Crippen molar-refractivity contribution in [3.05, 3.63) is 36.0 Å². The molecule has 2 aromatic rings. The zero-order valence-corrected chi connectivity index (χ0v) is 10.9. The molecule has 1 N–H and O–H groups in total. The molecule has 4 heteroatoms. The fraction of sp³-hybridized carbons (Fsp3) is 0.400. The van der Waals surface area contributed by atoms with E-state index in [0.29, 0.717) is 0 Å². The Morgan fingerprint density at radius 2 is 1.95 bits per heavy atom. The zero-order valence-electron chi connectivity index (χ0n) is 10.9. The first-order valence-corrected chi connectivity index (χ1v) is 6.77. The number of hydrogen-bond donors (Lipinski definition) is 1. The van der Waals surface area contributed by atoms with Crippen LogP contribution in [-0.4, -0.2) is 53.9 Å². The second kappa shape index (κ2) is 5.45. The molecule has 0 unspecified atom stereocenters. The highest BCUT2D eigenvalue weighted by Crippen LogP contribution is 2.18. The molecule has 1 aromatic carbocycles. The van der Waals surface area contributed by atoms with E-state index < -0.39 is 0 Å². The Labute approximate surface area is 113 Å². The fourth-order valence-corrected chi connectivity index (χ4v) is 2.68. The molecule has 0 atom stereocenters. The van der Waals surface area contributed by atoms with Gasteiger partial charge in [-0.05, 0) is 18.1 Å². The molecule has 0 saturated carbocycles. The number of amides is 1. The van der Waals surface area contributed by atoms with Crippen LogP contribution in [0.2, 0.25) is 0 Å². The summed E-state index contributed by atoms with van der Waals surface area (Å²) in [7, 11) is 0. The van der Waals surface area contributed by atoms with Crippen LogP contribution >= 0.6 is 0 Å². The van der Waals surface area contributed by atoms with Gasteiger partial charge in [0, 0.05) is 49.8 Å². The number of piperazine rings is 1. The monoisotopic (exact) mass is 256 g/mol. The zero-order chi connectivity index (χ0) is 13.1. The van der Waals surface area contributed by atoms with Gasteiger partial charge in [0.1, 0.15) is 0 Å².